The highest BCUT2D eigenvalue weighted by Gasteiger charge is 2.12. The van der Waals surface area contributed by atoms with Crippen molar-refractivity contribution in [3.63, 3.8) is 0 Å². The maximum atomic E-state index is 11.5. The first kappa shape index (κ1) is 17.1. The van der Waals surface area contributed by atoms with Crippen LogP contribution in [-0.2, 0) is 16.0 Å². The van der Waals surface area contributed by atoms with Gasteiger partial charge in [0.25, 0.3) is 0 Å². The Morgan fingerprint density at radius 3 is 2.35 bits per heavy atom. The van der Waals surface area contributed by atoms with Gasteiger partial charge in [0.1, 0.15) is 0 Å². The van der Waals surface area contributed by atoms with Crippen LogP contribution in [0.1, 0.15) is 24.8 Å². The van der Waals surface area contributed by atoms with E-state index in [0.29, 0.717) is 19.5 Å². The molecule has 2 rings (SSSR count). The van der Waals surface area contributed by atoms with Gasteiger partial charge in [-0.25, -0.2) is 0 Å². The molecule has 1 aliphatic rings. The highest BCUT2D eigenvalue weighted by molar-refractivity contribution is 6.35. The fourth-order valence-electron chi connectivity index (χ4n) is 2.67. The molecule has 1 aromatic rings. The van der Waals surface area contributed by atoms with Crippen LogP contribution >= 0.6 is 0 Å². The van der Waals surface area contributed by atoms with Crippen LogP contribution in [0.25, 0.3) is 0 Å². The fourth-order valence-corrected chi connectivity index (χ4v) is 2.67. The van der Waals surface area contributed by atoms with Gasteiger partial charge in [-0.2, -0.15) is 0 Å². The van der Waals surface area contributed by atoms with E-state index in [9.17, 15) is 9.59 Å². The lowest BCUT2D eigenvalue weighted by Gasteiger charge is -2.28. The molecule has 0 atom stereocenters. The van der Waals surface area contributed by atoms with Gasteiger partial charge in [-0.3, -0.25) is 9.59 Å². The van der Waals surface area contributed by atoms with E-state index in [2.05, 4.69) is 46.4 Å². The van der Waals surface area contributed by atoms with Crippen LogP contribution < -0.4 is 15.5 Å². The first-order valence-electron chi connectivity index (χ1n) is 8.21. The van der Waals surface area contributed by atoms with E-state index in [1.165, 1.54) is 31.0 Å². The summed E-state index contributed by atoms with van der Waals surface area (Å²) in [7, 11) is 0. The van der Waals surface area contributed by atoms with Gasteiger partial charge in [-0.1, -0.05) is 18.2 Å². The van der Waals surface area contributed by atoms with Gasteiger partial charge in [0.15, 0.2) is 0 Å². The standard InChI is InChI=1S/C18H25N3O2/c1-2-11-19-17(22)18(23)20-12-10-15-6-8-16(9-7-15)21-13-4-3-5-14-21/h2,6-9H,1,3-5,10-14H2,(H,19,22)(H,20,23). The lowest BCUT2D eigenvalue weighted by Crippen LogP contribution is -2.40. The third-order valence-electron chi connectivity index (χ3n) is 3.97. The molecule has 1 saturated heterocycles. The summed E-state index contributed by atoms with van der Waals surface area (Å²) in [4.78, 5) is 25.3. The smallest absolute Gasteiger partial charge is 0.309 e. The SMILES string of the molecule is C=CCNC(=O)C(=O)NCCc1ccc(N2CCCCC2)cc1. The highest BCUT2D eigenvalue weighted by Crippen LogP contribution is 2.20. The van der Waals surface area contributed by atoms with Gasteiger partial charge < -0.3 is 15.5 Å². The van der Waals surface area contributed by atoms with Gasteiger partial charge in [0.2, 0.25) is 0 Å². The van der Waals surface area contributed by atoms with E-state index in [1.54, 1.807) is 0 Å². The Kier molecular flexibility index (Phi) is 6.66. The molecule has 5 nitrogen and oxygen atoms in total. The molecule has 0 spiro atoms. The molecular formula is C18H25N3O2. The molecule has 1 heterocycles. The van der Waals surface area contributed by atoms with Crippen molar-refractivity contribution >= 4 is 17.5 Å². The topological polar surface area (TPSA) is 61.4 Å². The lowest BCUT2D eigenvalue weighted by molar-refractivity contribution is -0.139. The summed E-state index contributed by atoms with van der Waals surface area (Å²) < 4.78 is 0. The predicted octanol–water partition coefficient (Wildman–Crippen LogP) is 1.64. The number of piperidine rings is 1. The molecule has 0 saturated carbocycles. The summed E-state index contributed by atoms with van der Waals surface area (Å²) >= 11 is 0. The van der Waals surface area contributed by atoms with Crippen LogP contribution in [0.2, 0.25) is 0 Å². The van der Waals surface area contributed by atoms with E-state index in [-0.39, 0.29) is 0 Å². The lowest BCUT2D eigenvalue weighted by atomic mass is 10.1. The Morgan fingerprint density at radius 2 is 1.70 bits per heavy atom. The maximum Gasteiger partial charge on any atom is 0.309 e. The van der Waals surface area contributed by atoms with Crippen LogP contribution in [0.15, 0.2) is 36.9 Å². The number of rotatable bonds is 6. The summed E-state index contributed by atoms with van der Waals surface area (Å²) in [5.74, 6) is -1.22. The number of hydrogen-bond donors (Lipinski definition) is 2. The second kappa shape index (κ2) is 8.98. The third kappa shape index (κ3) is 5.43. The van der Waals surface area contributed by atoms with Crippen molar-refractivity contribution in [2.24, 2.45) is 0 Å². The number of nitrogens with zero attached hydrogens (tertiary/aromatic N) is 1. The molecule has 0 radical (unpaired) electrons. The van der Waals surface area contributed by atoms with Crippen molar-refractivity contribution in [2.45, 2.75) is 25.7 Å². The minimum Gasteiger partial charge on any atom is -0.372 e. The molecule has 0 bridgehead atoms. The molecule has 23 heavy (non-hydrogen) atoms. The molecule has 2 amide bonds. The summed E-state index contributed by atoms with van der Waals surface area (Å²) in [5.41, 5.74) is 2.42. The molecule has 0 aromatic heterocycles. The van der Waals surface area contributed by atoms with Crippen LogP contribution in [0, 0.1) is 0 Å². The van der Waals surface area contributed by atoms with E-state index < -0.39 is 11.8 Å². The zero-order valence-electron chi connectivity index (χ0n) is 13.5. The minimum atomic E-state index is -0.620. The van der Waals surface area contributed by atoms with Crippen molar-refractivity contribution in [3.05, 3.63) is 42.5 Å². The third-order valence-corrected chi connectivity index (χ3v) is 3.97. The maximum absolute atomic E-state index is 11.5. The van der Waals surface area contributed by atoms with E-state index in [0.717, 1.165) is 18.7 Å². The number of carbonyl (C=O) groups excluding carboxylic acids is 2. The van der Waals surface area contributed by atoms with Crippen molar-refractivity contribution in [1.29, 1.82) is 0 Å². The largest absolute Gasteiger partial charge is 0.372 e. The summed E-state index contributed by atoms with van der Waals surface area (Å²) in [6.07, 6.45) is 6.11. The predicted molar refractivity (Wildman–Crippen MR) is 92.4 cm³/mol. The molecule has 0 aliphatic carbocycles. The van der Waals surface area contributed by atoms with Crippen molar-refractivity contribution in [1.82, 2.24) is 10.6 Å². The van der Waals surface area contributed by atoms with Crippen LogP contribution in [0.4, 0.5) is 5.69 Å². The molecule has 1 aliphatic heterocycles. The van der Waals surface area contributed by atoms with Crippen LogP contribution in [0.5, 0.6) is 0 Å². The van der Waals surface area contributed by atoms with Crippen LogP contribution in [0.3, 0.4) is 0 Å². The van der Waals surface area contributed by atoms with Crippen molar-refractivity contribution in [3.8, 4) is 0 Å². The molecule has 5 heteroatoms. The molecule has 0 unspecified atom stereocenters. The second-order valence-electron chi connectivity index (χ2n) is 5.72. The minimum absolute atomic E-state index is 0.296. The Balaban J connectivity index is 1.74. The van der Waals surface area contributed by atoms with Gasteiger partial charge >= 0.3 is 11.8 Å². The normalized spacial score (nSPS) is 14.2. The number of amides is 2. The van der Waals surface area contributed by atoms with E-state index in [1.807, 2.05) is 0 Å². The fraction of sp³-hybridized carbons (Fsp3) is 0.444. The zero-order chi connectivity index (χ0) is 16.5. The second-order valence-corrected chi connectivity index (χ2v) is 5.72. The summed E-state index contributed by atoms with van der Waals surface area (Å²) in [5, 5.41) is 5.07. The Bertz CT molecular complexity index is 534. The molecular weight excluding hydrogens is 290 g/mol. The first-order valence-corrected chi connectivity index (χ1v) is 8.21. The van der Waals surface area contributed by atoms with E-state index >= 15 is 0 Å². The Hall–Kier alpha value is -2.30. The van der Waals surface area contributed by atoms with Gasteiger partial charge in [0, 0.05) is 31.9 Å². The average molecular weight is 315 g/mol. The number of carbonyl (C=O) groups is 2. The Morgan fingerprint density at radius 1 is 1.04 bits per heavy atom. The zero-order valence-corrected chi connectivity index (χ0v) is 13.5. The molecule has 2 N–H and O–H groups in total. The van der Waals surface area contributed by atoms with E-state index in [4.69, 9.17) is 0 Å². The number of nitrogens with one attached hydrogen (secondary N) is 2. The monoisotopic (exact) mass is 315 g/mol. The number of hydrogen-bond acceptors (Lipinski definition) is 3. The summed E-state index contributed by atoms with van der Waals surface area (Å²) in [6.45, 7) is 6.50. The van der Waals surface area contributed by atoms with Crippen molar-refractivity contribution < 1.29 is 9.59 Å². The molecule has 124 valence electrons. The quantitative estimate of drug-likeness (QED) is 0.620. The highest BCUT2D eigenvalue weighted by atomic mass is 16.2. The van der Waals surface area contributed by atoms with Gasteiger partial charge in [0.05, 0.1) is 0 Å². The summed E-state index contributed by atoms with van der Waals surface area (Å²) in [6, 6.07) is 8.46. The molecule has 1 aromatic carbocycles. The molecule has 1 fully saturated rings. The number of benzene rings is 1. The van der Waals surface area contributed by atoms with Gasteiger partial charge in [-0.15, -0.1) is 6.58 Å². The van der Waals surface area contributed by atoms with Gasteiger partial charge in [-0.05, 0) is 43.4 Å². The Labute approximate surface area is 137 Å². The first-order chi connectivity index (χ1) is 11.2. The van der Waals surface area contributed by atoms with Crippen LogP contribution in [-0.4, -0.2) is 38.0 Å². The van der Waals surface area contributed by atoms with Crippen molar-refractivity contribution in [2.75, 3.05) is 31.1 Å². The number of anilines is 1. The average Bonchev–Trinajstić information content (AvgIpc) is 2.61.